The number of carbonyl (C=O) groups is 1. The zero-order valence-electron chi connectivity index (χ0n) is 9.89. The fourth-order valence-corrected chi connectivity index (χ4v) is 2.69. The third kappa shape index (κ3) is 1.91. The molecule has 1 amide bonds. The average molecular weight is 232 g/mol. The summed E-state index contributed by atoms with van der Waals surface area (Å²) < 4.78 is 0. The molecule has 2 unspecified atom stereocenters. The SMILES string of the molecule is Cc1cnc(C(=O)N2CC3CNCC3C2)cn1. The number of hydrogen-bond donors (Lipinski definition) is 1. The van der Waals surface area contributed by atoms with Crippen LogP contribution < -0.4 is 5.32 Å². The highest BCUT2D eigenvalue weighted by Gasteiger charge is 2.38. The van der Waals surface area contributed by atoms with Crippen molar-refractivity contribution in [2.45, 2.75) is 6.92 Å². The Morgan fingerprint density at radius 2 is 2.00 bits per heavy atom. The predicted molar refractivity (Wildman–Crippen MR) is 62.5 cm³/mol. The van der Waals surface area contributed by atoms with Crippen molar-refractivity contribution < 1.29 is 4.79 Å². The highest BCUT2D eigenvalue weighted by Crippen LogP contribution is 2.26. The summed E-state index contributed by atoms with van der Waals surface area (Å²) >= 11 is 0. The molecule has 0 aromatic carbocycles. The number of aryl methyl sites for hydroxylation is 1. The van der Waals surface area contributed by atoms with Gasteiger partial charge in [0.25, 0.3) is 5.91 Å². The Hall–Kier alpha value is -1.49. The van der Waals surface area contributed by atoms with Crippen LogP contribution in [0.2, 0.25) is 0 Å². The molecule has 2 aliphatic heterocycles. The lowest BCUT2D eigenvalue weighted by Gasteiger charge is -2.16. The minimum absolute atomic E-state index is 0.0203. The van der Waals surface area contributed by atoms with Gasteiger partial charge < -0.3 is 10.2 Å². The zero-order chi connectivity index (χ0) is 11.8. The summed E-state index contributed by atoms with van der Waals surface area (Å²) in [7, 11) is 0. The van der Waals surface area contributed by atoms with Crippen molar-refractivity contribution in [1.29, 1.82) is 0 Å². The number of fused-ring (bicyclic) bond motifs is 1. The largest absolute Gasteiger partial charge is 0.337 e. The Kier molecular flexibility index (Phi) is 2.55. The number of nitrogens with one attached hydrogen (secondary N) is 1. The molecule has 90 valence electrons. The minimum Gasteiger partial charge on any atom is -0.337 e. The summed E-state index contributed by atoms with van der Waals surface area (Å²) in [5.74, 6) is 1.27. The quantitative estimate of drug-likeness (QED) is 0.745. The second kappa shape index (κ2) is 4.07. The minimum atomic E-state index is 0.0203. The predicted octanol–water partition coefficient (Wildman–Crippen LogP) is 0.0764. The van der Waals surface area contributed by atoms with Crippen LogP contribution in [0.3, 0.4) is 0 Å². The van der Waals surface area contributed by atoms with Gasteiger partial charge in [0.2, 0.25) is 0 Å². The van der Waals surface area contributed by atoms with Crippen molar-refractivity contribution >= 4 is 5.91 Å². The van der Waals surface area contributed by atoms with Crippen LogP contribution in [0.25, 0.3) is 0 Å². The molecule has 1 N–H and O–H groups in total. The molecule has 2 aliphatic rings. The van der Waals surface area contributed by atoms with Crippen molar-refractivity contribution in [1.82, 2.24) is 20.2 Å². The molecule has 0 radical (unpaired) electrons. The van der Waals surface area contributed by atoms with Crippen LogP contribution in [-0.2, 0) is 0 Å². The third-order valence-electron chi connectivity index (χ3n) is 3.68. The fourth-order valence-electron chi connectivity index (χ4n) is 2.69. The van der Waals surface area contributed by atoms with Gasteiger partial charge in [0, 0.05) is 32.4 Å². The van der Waals surface area contributed by atoms with E-state index in [1.54, 1.807) is 12.4 Å². The summed E-state index contributed by atoms with van der Waals surface area (Å²) in [5.41, 5.74) is 1.30. The van der Waals surface area contributed by atoms with Crippen molar-refractivity contribution in [3.8, 4) is 0 Å². The Morgan fingerprint density at radius 1 is 1.29 bits per heavy atom. The first-order chi connectivity index (χ1) is 8.24. The van der Waals surface area contributed by atoms with Crippen molar-refractivity contribution in [3.63, 3.8) is 0 Å². The molecular weight excluding hydrogens is 216 g/mol. The molecule has 0 saturated carbocycles. The first kappa shape index (κ1) is 10.7. The Labute approximate surface area is 100 Å². The standard InChI is InChI=1S/C12H16N4O/c1-8-2-15-11(5-14-8)12(17)16-6-9-3-13-4-10(9)7-16/h2,5,9-10,13H,3-4,6-7H2,1H3. The summed E-state index contributed by atoms with van der Waals surface area (Å²) in [4.78, 5) is 22.4. The maximum absolute atomic E-state index is 12.2. The molecule has 2 atom stereocenters. The molecule has 0 spiro atoms. The maximum atomic E-state index is 12.2. The van der Waals surface area contributed by atoms with E-state index in [0.717, 1.165) is 31.9 Å². The Bertz CT molecular complexity index is 419. The van der Waals surface area contributed by atoms with Gasteiger partial charge in [-0.25, -0.2) is 4.98 Å². The van der Waals surface area contributed by atoms with Gasteiger partial charge in [-0.2, -0.15) is 0 Å². The van der Waals surface area contributed by atoms with Crippen molar-refractivity contribution in [2.75, 3.05) is 26.2 Å². The molecule has 1 aromatic rings. The normalized spacial score (nSPS) is 27.2. The van der Waals surface area contributed by atoms with Gasteiger partial charge in [-0.05, 0) is 18.8 Å². The van der Waals surface area contributed by atoms with Crippen LogP contribution in [0.5, 0.6) is 0 Å². The topological polar surface area (TPSA) is 58.1 Å². The van der Waals surface area contributed by atoms with Gasteiger partial charge in [-0.15, -0.1) is 0 Å². The maximum Gasteiger partial charge on any atom is 0.274 e. The number of aromatic nitrogens is 2. The van der Waals surface area contributed by atoms with Crippen molar-refractivity contribution in [2.24, 2.45) is 11.8 Å². The van der Waals surface area contributed by atoms with E-state index in [1.165, 1.54) is 0 Å². The van der Waals surface area contributed by atoms with Gasteiger partial charge >= 0.3 is 0 Å². The van der Waals surface area contributed by atoms with E-state index in [4.69, 9.17) is 0 Å². The smallest absolute Gasteiger partial charge is 0.274 e. The first-order valence-corrected chi connectivity index (χ1v) is 6.02. The molecule has 2 fully saturated rings. The van der Waals surface area contributed by atoms with Crippen LogP contribution in [0.1, 0.15) is 16.2 Å². The van der Waals surface area contributed by atoms with E-state index >= 15 is 0 Å². The monoisotopic (exact) mass is 232 g/mol. The second-order valence-electron chi connectivity index (χ2n) is 4.93. The van der Waals surface area contributed by atoms with Gasteiger partial charge in [-0.1, -0.05) is 0 Å². The summed E-state index contributed by atoms with van der Waals surface area (Å²) in [6.45, 7) is 5.65. The number of amides is 1. The fraction of sp³-hybridized carbons (Fsp3) is 0.583. The van der Waals surface area contributed by atoms with Crippen molar-refractivity contribution in [3.05, 3.63) is 23.8 Å². The van der Waals surface area contributed by atoms with Crippen LogP contribution >= 0.6 is 0 Å². The Balaban J connectivity index is 1.73. The lowest BCUT2D eigenvalue weighted by atomic mass is 10.0. The summed E-state index contributed by atoms with van der Waals surface area (Å²) in [6.07, 6.45) is 3.22. The van der Waals surface area contributed by atoms with E-state index in [-0.39, 0.29) is 5.91 Å². The van der Waals surface area contributed by atoms with Crippen LogP contribution in [-0.4, -0.2) is 47.0 Å². The molecule has 3 rings (SSSR count). The molecule has 1 aromatic heterocycles. The lowest BCUT2D eigenvalue weighted by Crippen LogP contribution is -2.32. The second-order valence-corrected chi connectivity index (χ2v) is 4.93. The van der Waals surface area contributed by atoms with E-state index < -0.39 is 0 Å². The van der Waals surface area contributed by atoms with Crippen LogP contribution in [0, 0.1) is 18.8 Å². The van der Waals surface area contributed by atoms with E-state index in [1.807, 2.05) is 11.8 Å². The lowest BCUT2D eigenvalue weighted by molar-refractivity contribution is 0.0775. The highest BCUT2D eigenvalue weighted by atomic mass is 16.2. The number of carbonyl (C=O) groups excluding carboxylic acids is 1. The molecular formula is C12H16N4O. The third-order valence-corrected chi connectivity index (χ3v) is 3.68. The van der Waals surface area contributed by atoms with E-state index in [2.05, 4.69) is 15.3 Å². The Morgan fingerprint density at radius 3 is 2.59 bits per heavy atom. The molecule has 2 saturated heterocycles. The zero-order valence-corrected chi connectivity index (χ0v) is 9.89. The summed E-state index contributed by atoms with van der Waals surface area (Å²) in [5, 5.41) is 3.37. The van der Waals surface area contributed by atoms with E-state index in [9.17, 15) is 4.79 Å². The molecule has 3 heterocycles. The number of nitrogens with zero attached hydrogens (tertiary/aromatic N) is 3. The van der Waals surface area contributed by atoms with Gasteiger partial charge in [0.1, 0.15) is 5.69 Å². The van der Waals surface area contributed by atoms with E-state index in [0.29, 0.717) is 17.5 Å². The van der Waals surface area contributed by atoms with Crippen LogP contribution in [0.15, 0.2) is 12.4 Å². The molecule has 5 heteroatoms. The molecule has 5 nitrogen and oxygen atoms in total. The summed E-state index contributed by atoms with van der Waals surface area (Å²) in [6, 6.07) is 0. The number of likely N-dealkylation sites (tertiary alicyclic amines) is 1. The number of rotatable bonds is 1. The van der Waals surface area contributed by atoms with Gasteiger partial charge in [0.05, 0.1) is 11.9 Å². The number of hydrogen-bond acceptors (Lipinski definition) is 4. The van der Waals surface area contributed by atoms with Gasteiger partial charge in [-0.3, -0.25) is 9.78 Å². The molecule has 0 aliphatic carbocycles. The average Bonchev–Trinajstić information content (AvgIpc) is 2.89. The molecule has 17 heavy (non-hydrogen) atoms. The first-order valence-electron chi connectivity index (χ1n) is 6.02. The highest BCUT2D eigenvalue weighted by molar-refractivity contribution is 5.92. The molecule has 0 bridgehead atoms. The van der Waals surface area contributed by atoms with Crippen LogP contribution in [0.4, 0.5) is 0 Å². The van der Waals surface area contributed by atoms with Gasteiger partial charge in [0.15, 0.2) is 0 Å².